The molecule has 0 aliphatic carbocycles. The average Bonchev–Trinajstić information content (AvgIpc) is 2.20. The molecule has 0 radical (unpaired) electrons. The number of halogens is 1. The molecule has 0 N–H and O–H groups in total. The van der Waals surface area contributed by atoms with Gasteiger partial charge in [-0.15, -0.1) is 0 Å². The molecule has 2 heterocycles. The fourth-order valence-corrected chi connectivity index (χ4v) is 2.79. The average molecular weight is 259 g/mol. The van der Waals surface area contributed by atoms with Crippen LogP contribution < -0.4 is 4.90 Å². The Kier molecular flexibility index (Phi) is 3.11. The molecule has 0 spiro atoms. The summed E-state index contributed by atoms with van der Waals surface area (Å²) in [5.41, 5.74) is 0. The van der Waals surface area contributed by atoms with Gasteiger partial charge in [-0.2, -0.15) is 11.8 Å². The lowest BCUT2D eigenvalue weighted by Crippen LogP contribution is -2.33. The summed E-state index contributed by atoms with van der Waals surface area (Å²) in [7, 11) is 0. The highest BCUT2D eigenvalue weighted by Gasteiger charge is 2.13. The first-order valence-electron chi connectivity index (χ1n) is 4.31. The minimum absolute atomic E-state index is 1.09. The van der Waals surface area contributed by atoms with Crippen molar-refractivity contribution in [1.82, 2.24) is 4.98 Å². The van der Waals surface area contributed by atoms with Crippen molar-refractivity contribution >= 4 is 33.5 Å². The monoisotopic (exact) mass is 258 g/mol. The first kappa shape index (κ1) is 9.34. The van der Waals surface area contributed by atoms with E-state index in [1.807, 2.05) is 30.1 Å². The standard InChI is InChI=1S/C9H11BrN2S/c10-8-2-1-3-11-9(8)12-4-6-13-7-5-12/h1-3H,4-7H2. The van der Waals surface area contributed by atoms with E-state index in [1.165, 1.54) is 11.5 Å². The van der Waals surface area contributed by atoms with Crippen LogP contribution >= 0.6 is 27.7 Å². The SMILES string of the molecule is Brc1cccnc1N1CCSCC1. The van der Waals surface area contributed by atoms with Gasteiger partial charge in [-0.3, -0.25) is 0 Å². The lowest BCUT2D eigenvalue weighted by molar-refractivity contribution is 0.836. The third-order valence-electron chi connectivity index (χ3n) is 2.05. The van der Waals surface area contributed by atoms with Gasteiger partial charge in [0.25, 0.3) is 0 Å². The molecule has 1 fully saturated rings. The number of anilines is 1. The van der Waals surface area contributed by atoms with Crippen LogP contribution in [0, 0.1) is 0 Å². The van der Waals surface area contributed by atoms with Crippen LogP contribution in [0.3, 0.4) is 0 Å². The van der Waals surface area contributed by atoms with Crippen LogP contribution in [0.2, 0.25) is 0 Å². The fraction of sp³-hybridized carbons (Fsp3) is 0.444. The van der Waals surface area contributed by atoms with Gasteiger partial charge in [0.15, 0.2) is 0 Å². The van der Waals surface area contributed by atoms with Gasteiger partial charge in [-0.05, 0) is 28.1 Å². The zero-order valence-electron chi connectivity index (χ0n) is 7.24. The fourth-order valence-electron chi connectivity index (χ4n) is 1.39. The Labute approximate surface area is 90.9 Å². The van der Waals surface area contributed by atoms with Gasteiger partial charge in [0.1, 0.15) is 5.82 Å². The summed E-state index contributed by atoms with van der Waals surface area (Å²) in [4.78, 5) is 6.71. The predicted molar refractivity (Wildman–Crippen MR) is 61.5 cm³/mol. The van der Waals surface area contributed by atoms with E-state index in [2.05, 4.69) is 25.8 Å². The second-order valence-corrected chi connectivity index (χ2v) is 4.99. The highest BCUT2D eigenvalue weighted by atomic mass is 79.9. The molecule has 2 nitrogen and oxygen atoms in total. The zero-order valence-corrected chi connectivity index (χ0v) is 9.64. The molecular weight excluding hydrogens is 248 g/mol. The van der Waals surface area contributed by atoms with Crippen LogP contribution in [-0.2, 0) is 0 Å². The number of pyridine rings is 1. The summed E-state index contributed by atoms with van der Waals surface area (Å²) in [6, 6.07) is 4.00. The Morgan fingerprint density at radius 1 is 1.38 bits per heavy atom. The second kappa shape index (κ2) is 4.33. The summed E-state index contributed by atoms with van der Waals surface area (Å²) >= 11 is 5.54. The zero-order chi connectivity index (χ0) is 9.10. The predicted octanol–water partition coefficient (Wildman–Crippen LogP) is 2.40. The van der Waals surface area contributed by atoms with Crippen molar-refractivity contribution in [1.29, 1.82) is 0 Å². The maximum absolute atomic E-state index is 4.37. The van der Waals surface area contributed by atoms with Gasteiger partial charge < -0.3 is 4.90 Å². The lowest BCUT2D eigenvalue weighted by atomic mass is 10.4. The normalized spacial score (nSPS) is 17.5. The highest BCUT2D eigenvalue weighted by molar-refractivity contribution is 9.10. The van der Waals surface area contributed by atoms with E-state index in [4.69, 9.17) is 0 Å². The third-order valence-corrected chi connectivity index (χ3v) is 3.61. The van der Waals surface area contributed by atoms with Gasteiger partial charge in [0.05, 0.1) is 4.47 Å². The Balaban J connectivity index is 2.18. The van der Waals surface area contributed by atoms with Crippen molar-refractivity contribution in [2.75, 3.05) is 29.5 Å². The van der Waals surface area contributed by atoms with Crippen molar-refractivity contribution in [2.24, 2.45) is 0 Å². The van der Waals surface area contributed by atoms with Gasteiger partial charge in [-0.1, -0.05) is 0 Å². The Hall–Kier alpha value is -0.220. The molecular formula is C9H11BrN2S. The molecule has 0 bridgehead atoms. The van der Waals surface area contributed by atoms with E-state index in [-0.39, 0.29) is 0 Å². The Morgan fingerprint density at radius 3 is 2.85 bits per heavy atom. The van der Waals surface area contributed by atoms with Crippen LogP contribution in [0.4, 0.5) is 5.82 Å². The van der Waals surface area contributed by atoms with Crippen LogP contribution in [0.1, 0.15) is 0 Å². The lowest BCUT2D eigenvalue weighted by Gasteiger charge is -2.27. The van der Waals surface area contributed by atoms with Gasteiger partial charge >= 0.3 is 0 Å². The number of hydrogen-bond donors (Lipinski definition) is 0. The third kappa shape index (κ3) is 2.17. The van der Waals surface area contributed by atoms with E-state index in [1.54, 1.807) is 0 Å². The van der Waals surface area contributed by atoms with Crippen LogP contribution in [0.5, 0.6) is 0 Å². The molecule has 13 heavy (non-hydrogen) atoms. The molecule has 0 unspecified atom stereocenters. The molecule has 0 aromatic carbocycles. The largest absolute Gasteiger partial charge is 0.354 e. The number of aromatic nitrogens is 1. The smallest absolute Gasteiger partial charge is 0.142 e. The molecule has 70 valence electrons. The minimum atomic E-state index is 1.09. The highest BCUT2D eigenvalue weighted by Crippen LogP contribution is 2.25. The van der Waals surface area contributed by atoms with Crippen molar-refractivity contribution in [2.45, 2.75) is 0 Å². The van der Waals surface area contributed by atoms with E-state index in [0.29, 0.717) is 0 Å². The molecule has 1 saturated heterocycles. The molecule has 1 aromatic heterocycles. The maximum Gasteiger partial charge on any atom is 0.142 e. The van der Waals surface area contributed by atoms with E-state index in [9.17, 15) is 0 Å². The number of rotatable bonds is 1. The van der Waals surface area contributed by atoms with Crippen LogP contribution in [-0.4, -0.2) is 29.6 Å². The van der Waals surface area contributed by atoms with Crippen LogP contribution in [0.15, 0.2) is 22.8 Å². The van der Waals surface area contributed by atoms with E-state index < -0.39 is 0 Å². The van der Waals surface area contributed by atoms with E-state index >= 15 is 0 Å². The van der Waals surface area contributed by atoms with Gasteiger partial charge in [0, 0.05) is 30.8 Å². The first-order chi connectivity index (χ1) is 6.38. The minimum Gasteiger partial charge on any atom is -0.354 e. The molecule has 2 rings (SSSR count). The number of hydrogen-bond acceptors (Lipinski definition) is 3. The molecule has 4 heteroatoms. The Bertz CT molecular complexity index is 287. The summed E-state index contributed by atoms with van der Waals surface area (Å²) in [6.07, 6.45) is 1.85. The first-order valence-corrected chi connectivity index (χ1v) is 6.26. The van der Waals surface area contributed by atoms with Crippen molar-refractivity contribution in [3.8, 4) is 0 Å². The maximum atomic E-state index is 4.37. The molecule has 1 aliphatic heterocycles. The molecule has 1 aromatic rings. The van der Waals surface area contributed by atoms with Crippen molar-refractivity contribution < 1.29 is 0 Å². The quantitative estimate of drug-likeness (QED) is 0.770. The van der Waals surface area contributed by atoms with Gasteiger partial charge in [-0.25, -0.2) is 4.98 Å². The summed E-state index contributed by atoms with van der Waals surface area (Å²) < 4.78 is 1.10. The van der Waals surface area contributed by atoms with Crippen molar-refractivity contribution in [3.05, 3.63) is 22.8 Å². The summed E-state index contributed by atoms with van der Waals surface area (Å²) in [6.45, 7) is 2.22. The molecule has 1 aliphatic rings. The van der Waals surface area contributed by atoms with Gasteiger partial charge in [0.2, 0.25) is 0 Å². The Morgan fingerprint density at radius 2 is 2.15 bits per heavy atom. The molecule has 0 saturated carbocycles. The number of nitrogens with zero attached hydrogens (tertiary/aromatic N) is 2. The molecule has 0 amide bonds. The van der Waals surface area contributed by atoms with Crippen LogP contribution in [0.25, 0.3) is 0 Å². The second-order valence-electron chi connectivity index (χ2n) is 2.91. The topological polar surface area (TPSA) is 16.1 Å². The summed E-state index contributed by atoms with van der Waals surface area (Å²) in [5, 5.41) is 0. The van der Waals surface area contributed by atoms with Crippen molar-refractivity contribution in [3.63, 3.8) is 0 Å². The molecule has 0 atom stereocenters. The summed E-state index contributed by atoms with van der Waals surface area (Å²) in [5.74, 6) is 3.51. The van der Waals surface area contributed by atoms with E-state index in [0.717, 1.165) is 23.4 Å². The number of thioether (sulfide) groups is 1.